The average Bonchev–Trinajstić information content (AvgIpc) is 2.44. The molecule has 0 atom stereocenters. The number of ether oxygens (including phenoxy) is 1. The van der Waals surface area contributed by atoms with Gasteiger partial charge in [0.25, 0.3) is 0 Å². The van der Waals surface area contributed by atoms with E-state index in [2.05, 4.69) is 37.9 Å². The number of halogens is 3. The van der Waals surface area contributed by atoms with Gasteiger partial charge >= 0.3 is 0 Å². The second-order valence-electron chi connectivity index (χ2n) is 4.72. The molecule has 0 saturated heterocycles. The summed E-state index contributed by atoms with van der Waals surface area (Å²) in [4.78, 5) is 0. The Morgan fingerprint density at radius 2 is 1.57 bits per heavy atom. The maximum atomic E-state index is 13.3. The Morgan fingerprint density at radius 3 is 2.38 bits per heavy atom. The molecule has 21 heavy (non-hydrogen) atoms. The van der Waals surface area contributed by atoms with Crippen molar-refractivity contribution in [2.45, 2.75) is 6.61 Å². The lowest BCUT2D eigenvalue weighted by molar-refractivity contribution is 0.306. The lowest BCUT2D eigenvalue weighted by Gasteiger charge is -2.08. The summed E-state index contributed by atoms with van der Waals surface area (Å²) in [7, 11) is 0. The highest BCUT2D eigenvalue weighted by Crippen LogP contribution is 2.25. The van der Waals surface area contributed by atoms with Gasteiger partial charge in [-0.15, -0.1) is 0 Å². The normalized spacial score (nSPS) is 10.8. The van der Waals surface area contributed by atoms with E-state index < -0.39 is 0 Å². The average molecular weight is 410 g/mol. The zero-order valence-corrected chi connectivity index (χ0v) is 14.1. The third-order valence-electron chi connectivity index (χ3n) is 3.10. The van der Waals surface area contributed by atoms with Crippen LogP contribution in [0.3, 0.4) is 0 Å². The lowest BCUT2D eigenvalue weighted by atomic mass is 10.1. The van der Waals surface area contributed by atoms with Gasteiger partial charge in [0.15, 0.2) is 0 Å². The molecule has 0 radical (unpaired) electrons. The van der Waals surface area contributed by atoms with E-state index in [1.807, 2.05) is 36.4 Å². The molecule has 0 aliphatic carbocycles. The maximum absolute atomic E-state index is 13.3. The summed E-state index contributed by atoms with van der Waals surface area (Å²) in [6, 6.07) is 16.8. The van der Waals surface area contributed by atoms with Crippen molar-refractivity contribution in [1.82, 2.24) is 0 Å². The van der Waals surface area contributed by atoms with Gasteiger partial charge in [0.1, 0.15) is 18.2 Å². The summed E-state index contributed by atoms with van der Waals surface area (Å²) in [5, 5.41) is 2.25. The molecular formula is C17H11Br2FO. The highest BCUT2D eigenvalue weighted by Gasteiger charge is 2.02. The third-order valence-corrected chi connectivity index (χ3v) is 4.05. The maximum Gasteiger partial charge on any atom is 0.124 e. The predicted molar refractivity (Wildman–Crippen MR) is 90.1 cm³/mol. The first-order valence-corrected chi connectivity index (χ1v) is 7.96. The van der Waals surface area contributed by atoms with Gasteiger partial charge in [-0.2, -0.15) is 0 Å². The Bertz CT molecular complexity index is 782. The fraction of sp³-hybridized carbons (Fsp3) is 0.0588. The van der Waals surface area contributed by atoms with E-state index in [4.69, 9.17) is 4.74 Å². The molecule has 0 aliphatic heterocycles. The number of hydrogen-bond donors (Lipinski definition) is 0. The molecule has 0 fully saturated rings. The van der Waals surface area contributed by atoms with Gasteiger partial charge in [0.05, 0.1) is 0 Å². The Morgan fingerprint density at radius 1 is 0.810 bits per heavy atom. The molecule has 0 heterocycles. The SMILES string of the molecule is Fc1cc(Br)cc(COc2ccc3cc(Br)ccc3c2)c1. The van der Waals surface area contributed by atoms with Crippen LogP contribution in [0, 0.1) is 5.82 Å². The Hall–Kier alpha value is -1.39. The number of rotatable bonds is 3. The fourth-order valence-corrected chi connectivity index (χ4v) is 3.04. The molecule has 0 aromatic heterocycles. The molecule has 4 heteroatoms. The van der Waals surface area contributed by atoms with Crippen LogP contribution in [0.15, 0.2) is 63.5 Å². The second-order valence-corrected chi connectivity index (χ2v) is 6.55. The quantitative estimate of drug-likeness (QED) is 0.509. The monoisotopic (exact) mass is 408 g/mol. The van der Waals surface area contributed by atoms with Gasteiger partial charge in [-0.05, 0) is 58.8 Å². The van der Waals surface area contributed by atoms with E-state index in [9.17, 15) is 4.39 Å². The van der Waals surface area contributed by atoms with Crippen LogP contribution in [0.25, 0.3) is 10.8 Å². The highest BCUT2D eigenvalue weighted by molar-refractivity contribution is 9.10. The minimum Gasteiger partial charge on any atom is -0.489 e. The van der Waals surface area contributed by atoms with Crippen molar-refractivity contribution in [3.63, 3.8) is 0 Å². The zero-order chi connectivity index (χ0) is 14.8. The van der Waals surface area contributed by atoms with Crippen LogP contribution in [0.4, 0.5) is 4.39 Å². The van der Waals surface area contributed by atoms with Crippen molar-refractivity contribution in [3.8, 4) is 5.75 Å². The molecule has 0 N–H and O–H groups in total. The molecule has 3 aromatic carbocycles. The molecule has 0 unspecified atom stereocenters. The number of benzene rings is 3. The van der Waals surface area contributed by atoms with E-state index in [0.29, 0.717) is 11.1 Å². The summed E-state index contributed by atoms with van der Waals surface area (Å²) in [6.45, 7) is 0.332. The molecular weight excluding hydrogens is 399 g/mol. The third kappa shape index (κ3) is 3.63. The first-order chi connectivity index (χ1) is 10.1. The van der Waals surface area contributed by atoms with Gasteiger partial charge in [-0.3, -0.25) is 0 Å². The zero-order valence-electron chi connectivity index (χ0n) is 10.9. The lowest BCUT2D eigenvalue weighted by Crippen LogP contribution is -1.96. The standard InChI is InChI=1S/C17H11Br2FO/c18-14-3-1-13-8-17(4-2-12(13)7-14)21-10-11-5-15(19)9-16(20)6-11/h1-9H,10H2. The second kappa shape index (κ2) is 6.16. The van der Waals surface area contributed by atoms with Crippen molar-refractivity contribution >= 4 is 42.6 Å². The summed E-state index contributed by atoms with van der Waals surface area (Å²) in [5.74, 6) is 0.497. The van der Waals surface area contributed by atoms with Crippen LogP contribution in [0.2, 0.25) is 0 Å². The molecule has 106 valence electrons. The van der Waals surface area contributed by atoms with Crippen molar-refractivity contribution < 1.29 is 9.13 Å². The van der Waals surface area contributed by atoms with Gasteiger partial charge < -0.3 is 4.74 Å². The summed E-state index contributed by atoms with van der Waals surface area (Å²) in [6.07, 6.45) is 0. The van der Waals surface area contributed by atoms with Crippen molar-refractivity contribution in [1.29, 1.82) is 0 Å². The fourth-order valence-electron chi connectivity index (χ4n) is 2.15. The predicted octanol–water partition coefficient (Wildman–Crippen LogP) is 6.08. The van der Waals surface area contributed by atoms with Gasteiger partial charge in [-0.25, -0.2) is 4.39 Å². The molecule has 0 spiro atoms. The first kappa shape index (κ1) is 14.5. The topological polar surface area (TPSA) is 9.23 Å². The van der Waals surface area contributed by atoms with E-state index in [-0.39, 0.29) is 5.82 Å². The Labute approximate surface area is 139 Å². The van der Waals surface area contributed by atoms with Crippen LogP contribution in [0.5, 0.6) is 5.75 Å². The van der Waals surface area contributed by atoms with Crippen LogP contribution in [-0.4, -0.2) is 0 Å². The van der Waals surface area contributed by atoms with Crippen molar-refractivity contribution in [3.05, 3.63) is 74.9 Å². The molecule has 3 aromatic rings. The van der Waals surface area contributed by atoms with Gasteiger partial charge in [0, 0.05) is 8.95 Å². The highest BCUT2D eigenvalue weighted by atomic mass is 79.9. The van der Waals surface area contributed by atoms with E-state index in [1.165, 1.54) is 12.1 Å². The van der Waals surface area contributed by atoms with Crippen molar-refractivity contribution in [2.24, 2.45) is 0 Å². The molecule has 3 rings (SSSR count). The van der Waals surface area contributed by atoms with Crippen molar-refractivity contribution in [2.75, 3.05) is 0 Å². The van der Waals surface area contributed by atoms with E-state index in [1.54, 1.807) is 0 Å². The molecule has 0 bridgehead atoms. The molecule has 0 saturated carbocycles. The largest absolute Gasteiger partial charge is 0.489 e. The summed E-state index contributed by atoms with van der Waals surface area (Å²) < 4.78 is 20.8. The van der Waals surface area contributed by atoms with E-state index >= 15 is 0 Å². The van der Waals surface area contributed by atoms with Gasteiger partial charge in [-0.1, -0.05) is 44.0 Å². The Kier molecular flexibility index (Phi) is 4.27. The van der Waals surface area contributed by atoms with Crippen LogP contribution < -0.4 is 4.74 Å². The van der Waals surface area contributed by atoms with Crippen LogP contribution in [0.1, 0.15) is 5.56 Å². The summed E-state index contributed by atoms with van der Waals surface area (Å²) in [5.41, 5.74) is 0.790. The molecule has 1 nitrogen and oxygen atoms in total. The smallest absolute Gasteiger partial charge is 0.124 e. The first-order valence-electron chi connectivity index (χ1n) is 6.37. The number of fused-ring (bicyclic) bond motifs is 1. The minimum atomic E-state index is -0.272. The van der Waals surface area contributed by atoms with Gasteiger partial charge in [0.2, 0.25) is 0 Å². The summed E-state index contributed by atoms with van der Waals surface area (Å²) >= 11 is 6.73. The molecule has 0 aliphatic rings. The minimum absolute atomic E-state index is 0.272. The molecule has 0 amide bonds. The van der Waals surface area contributed by atoms with Crippen LogP contribution in [-0.2, 0) is 6.61 Å². The number of hydrogen-bond acceptors (Lipinski definition) is 1. The van der Waals surface area contributed by atoms with E-state index in [0.717, 1.165) is 26.6 Å². The van der Waals surface area contributed by atoms with Crippen LogP contribution >= 0.6 is 31.9 Å². The Balaban J connectivity index is 1.80.